The zero-order chi connectivity index (χ0) is 60.8. The fraction of sp³-hybridized carbons (Fsp3) is 0.766. The highest BCUT2D eigenvalue weighted by molar-refractivity contribution is 5.69. The van der Waals surface area contributed by atoms with E-state index in [0.717, 1.165) is 5.56 Å². The fourth-order valence-corrected chi connectivity index (χ4v) is 6.37. The molecule has 496 valence electrons. The second-order valence-corrected chi connectivity index (χ2v) is 22.3. The largest absolute Gasteiger partial charge is 0.495 e. The van der Waals surface area contributed by atoms with Crippen LogP contribution in [0.5, 0.6) is 0 Å². The van der Waals surface area contributed by atoms with E-state index in [1.54, 1.807) is 0 Å². The van der Waals surface area contributed by atoms with Crippen LogP contribution in [0.3, 0.4) is 0 Å². The van der Waals surface area contributed by atoms with E-state index < -0.39 is 5.60 Å². The second kappa shape index (κ2) is 59.4. The number of aliphatic hydroxyl groups is 1. The van der Waals surface area contributed by atoms with Crippen LogP contribution in [0.25, 0.3) is 0 Å². The Bertz CT molecular complexity index is 1680. The van der Waals surface area contributed by atoms with Gasteiger partial charge in [0, 0.05) is 42.3 Å². The van der Waals surface area contributed by atoms with Crippen LogP contribution < -0.4 is 37.2 Å². The summed E-state index contributed by atoms with van der Waals surface area (Å²) < 4.78 is 30.1. The molecule has 0 atom stereocenters. The molecule has 1 aromatic rings. The quantitative estimate of drug-likeness (QED) is 0.0504. The lowest BCUT2D eigenvalue weighted by Gasteiger charge is -2.21. The first-order chi connectivity index (χ1) is 36.2. The number of rotatable bonds is 18. The van der Waals surface area contributed by atoms with Crippen LogP contribution in [0.2, 0.25) is 0 Å². The molecule has 19 nitrogen and oxygen atoms in total. The molecule has 3 rings (SSSR count). The van der Waals surface area contributed by atoms with Gasteiger partial charge in [-0.25, -0.2) is 24.0 Å². The van der Waals surface area contributed by atoms with E-state index in [4.69, 9.17) is 33.5 Å². The molecule has 0 aromatic heterocycles. The summed E-state index contributed by atoms with van der Waals surface area (Å²) in [4.78, 5) is 55.0. The third-order valence-electron chi connectivity index (χ3n) is 9.31. The average molecular weight is 1190 g/mol. The van der Waals surface area contributed by atoms with Crippen LogP contribution in [-0.4, -0.2) is 109 Å². The van der Waals surface area contributed by atoms with Crippen molar-refractivity contribution in [1.82, 2.24) is 37.2 Å². The Morgan fingerprint density at radius 3 is 1.11 bits per heavy atom. The molecule has 0 spiro atoms. The molecule has 19 heteroatoms. The van der Waals surface area contributed by atoms with Crippen LogP contribution >= 0.6 is 0 Å². The van der Waals surface area contributed by atoms with Gasteiger partial charge in [0.25, 0.3) is 0 Å². The van der Waals surface area contributed by atoms with Crippen molar-refractivity contribution in [2.75, 3.05) is 19.8 Å². The van der Waals surface area contributed by atoms with Gasteiger partial charge in [-0.1, -0.05) is 99.6 Å². The second-order valence-electron chi connectivity index (χ2n) is 22.3. The summed E-state index contributed by atoms with van der Waals surface area (Å²) in [5.41, 5.74) is 0.588. The smallest absolute Gasteiger partial charge is 0.407 e. The lowest BCUT2D eigenvalue weighted by molar-refractivity contribution is 0.0512. The number of carbonyl (C=O) groups is 5. The van der Waals surface area contributed by atoms with Crippen molar-refractivity contribution in [3.63, 3.8) is 0 Å². The molecular weight excluding hydrogens is 1060 g/mol. The van der Waals surface area contributed by atoms with E-state index in [2.05, 4.69) is 50.4 Å². The summed E-state index contributed by atoms with van der Waals surface area (Å²) >= 11 is 0. The highest BCUT2D eigenvalue weighted by Gasteiger charge is 2.18. The van der Waals surface area contributed by atoms with Gasteiger partial charge in [0.1, 0.15) is 12.2 Å². The number of ether oxygens (including phenoxy) is 6. The summed E-state index contributed by atoms with van der Waals surface area (Å²) in [6.07, 6.45) is 9.72. The van der Waals surface area contributed by atoms with Crippen LogP contribution in [0.4, 0.5) is 24.0 Å². The maximum atomic E-state index is 11.2. The van der Waals surface area contributed by atoms with E-state index in [9.17, 15) is 24.0 Å². The van der Waals surface area contributed by atoms with Crippen molar-refractivity contribution in [1.29, 1.82) is 0 Å². The molecule has 2 aliphatic rings. The molecule has 0 bridgehead atoms. The minimum Gasteiger partial charge on any atom is -0.495 e. The third-order valence-corrected chi connectivity index (χ3v) is 9.31. The number of aliphatic hydroxyl groups excluding tert-OH is 1. The predicted octanol–water partition coefficient (Wildman–Crippen LogP) is 16.5. The van der Waals surface area contributed by atoms with E-state index >= 15 is 0 Å². The highest BCUT2D eigenvalue weighted by Crippen LogP contribution is 2.25. The monoisotopic (exact) mass is 1190 g/mol. The molecule has 0 heterocycles. The summed E-state index contributed by atoms with van der Waals surface area (Å²) in [6, 6.07) is 11.0. The average Bonchev–Trinajstić information content (AvgIpc) is 3.80. The van der Waals surface area contributed by atoms with E-state index in [1.807, 2.05) is 169 Å². The number of hydrogen-bond acceptors (Lipinski definition) is 14. The lowest BCUT2D eigenvalue weighted by Crippen LogP contribution is -2.36. The number of nitrogens with one attached hydrogen (secondary N) is 7. The first kappa shape index (κ1) is 96.4. The molecule has 2 saturated carbocycles. The van der Waals surface area contributed by atoms with Gasteiger partial charge in [0.05, 0.1) is 25.9 Å². The third kappa shape index (κ3) is 80.5. The SMILES string of the molecule is C.C.C.C.C.C=C(NC(C)C)OCC.C=C(O)NC(C)C.CC(C)NC(=O)OC(C)(C)C.CC(C)NC(=O)OC(C)C.CC(C)NC(=O)OCC1CCCC1.CC(C)NC(=O)OCC1CCCCC1.CC(C)NC(=O)OCc1ccccc1. The topological polar surface area (TPSA) is 245 Å². The summed E-state index contributed by atoms with van der Waals surface area (Å²) in [7, 11) is 0. The molecule has 0 radical (unpaired) electrons. The predicted molar refractivity (Wildman–Crippen MR) is 350 cm³/mol. The number of benzene rings is 1. The Morgan fingerprint density at radius 2 is 0.807 bits per heavy atom. The van der Waals surface area contributed by atoms with Gasteiger partial charge in [-0.05, 0) is 195 Å². The van der Waals surface area contributed by atoms with Gasteiger partial charge in [0.2, 0.25) is 0 Å². The molecule has 5 amide bonds. The van der Waals surface area contributed by atoms with Crippen LogP contribution in [0.15, 0.2) is 55.3 Å². The molecule has 2 aliphatic carbocycles. The first-order valence-corrected chi connectivity index (χ1v) is 28.2. The molecule has 0 unspecified atom stereocenters. The van der Waals surface area contributed by atoms with Gasteiger partial charge in [-0.3, -0.25) is 0 Å². The van der Waals surface area contributed by atoms with Crippen molar-refractivity contribution in [2.24, 2.45) is 11.8 Å². The molecule has 8 N–H and O–H groups in total. The summed E-state index contributed by atoms with van der Waals surface area (Å²) in [6.45, 7) is 47.2. The zero-order valence-corrected chi connectivity index (χ0v) is 52.2. The Balaban J connectivity index is -0.000000110. The van der Waals surface area contributed by atoms with Crippen molar-refractivity contribution in [3.8, 4) is 0 Å². The Morgan fingerprint density at radius 1 is 0.482 bits per heavy atom. The molecule has 0 saturated heterocycles. The van der Waals surface area contributed by atoms with E-state index in [1.165, 1.54) is 57.8 Å². The molecule has 2 fully saturated rings. The van der Waals surface area contributed by atoms with Gasteiger partial charge < -0.3 is 70.7 Å². The van der Waals surface area contributed by atoms with Crippen LogP contribution in [-0.2, 0) is 35.0 Å². The number of carbonyl (C=O) groups excluding carboxylic acids is 5. The maximum Gasteiger partial charge on any atom is 0.407 e. The van der Waals surface area contributed by atoms with Crippen molar-refractivity contribution < 1.29 is 57.5 Å². The number of hydrogen-bond donors (Lipinski definition) is 8. The Labute approximate surface area is 509 Å². The van der Waals surface area contributed by atoms with Gasteiger partial charge in [0.15, 0.2) is 11.8 Å². The van der Waals surface area contributed by atoms with Gasteiger partial charge in [-0.2, -0.15) is 0 Å². The molecular formula is C64H133N7O12. The van der Waals surface area contributed by atoms with Crippen LogP contribution in [0, 0.1) is 11.8 Å². The van der Waals surface area contributed by atoms with E-state index in [-0.39, 0.29) is 116 Å². The fourth-order valence-electron chi connectivity index (χ4n) is 6.37. The number of amides is 5. The van der Waals surface area contributed by atoms with Crippen molar-refractivity contribution in [3.05, 3.63) is 60.8 Å². The Hall–Kier alpha value is -5.75. The van der Waals surface area contributed by atoms with Gasteiger partial charge in [-0.15, -0.1) is 0 Å². The molecule has 0 aliphatic heterocycles. The van der Waals surface area contributed by atoms with Gasteiger partial charge >= 0.3 is 30.5 Å². The number of alkyl carbamates (subject to hydrolysis) is 5. The standard InChI is InChI=1S/C11H21NO2.C11H15NO2.C10H19NO2.C8H17NO2.C7H15NO2.C7H15NO.C5H11NO.5CH4/c2*1-9(2)12-11(13)14-8-10-6-4-3-5-7-10;1-8(2)11-10(12)13-7-9-5-3-4-6-9;1-6(2)9-7(10)11-8(3,4)5;1-5(2)8-7(9)10-6(3)4;1-5-9-7(4)8-6(2)3;1-4(2)6-5(3)7;;;;;/h9-10H,3-8H2,1-2H3,(H,12,13);3-7,9H,8H2,1-2H3,(H,12,13);8-9H,3-7H2,1-2H3,(H,11,12);6H,1-5H3,(H,9,10);5-6H,1-4H3,(H,8,9);6,8H,4-5H2,1-3H3;4,6-7H,3H2,1-2H3;5*1H4. The minimum absolute atomic E-state index is 0. The van der Waals surface area contributed by atoms with Crippen LogP contribution in [0.1, 0.15) is 239 Å². The molecule has 1 aromatic carbocycles. The van der Waals surface area contributed by atoms with Crippen molar-refractivity contribution >= 4 is 30.5 Å². The minimum atomic E-state index is -0.404. The summed E-state index contributed by atoms with van der Waals surface area (Å²) in [5.74, 6) is 1.90. The first-order valence-electron chi connectivity index (χ1n) is 28.2. The summed E-state index contributed by atoms with van der Waals surface area (Å²) in [5, 5.41) is 27.4. The van der Waals surface area contributed by atoms with E-state index in [0.29, 0.717) is 50.2 Å². The Kier molecular flexibility index (Phi) is 69.0. The van der Waals surface area contributed by atoms with Crippen molar-refractivity contribution in [2.45, 2.75) is 294 Å². The lowest BCUT2D eigenvalue weighted by atomic mass is 9.90. The highest BCUT2D eigenvalue weighted by atomic mass is 16.6. The normalized spacial score (nSPS) is 12.0. The maximum absolute atomic E-state index is 11.2. The molecule has 83 heavy (non-hydrogen) atoms. The zero-order valence-electron chi connectivity index (χ0n) is 52.2.